The second-order valence-corrected chi connectivity index (χ2v) is 6.41. The number of phenols is 1. The molecular formula is C18H28N2O2. The molecular weight excluding hydrogens is 276 g/mol. The Hall–Kier alpha value is -1.52. The van der Waals surface area contributed by atoms with Crippen LogP contribution in [0.5, 0.6) is 11.5 Å². The molecule has 1 unspecified atom stereocenters. The molecule has 1 fully saturated rings. The molecule has 0 saturated carbocycles. The third-order valence-electron chi connectivity index (χ3n) is 4.31. The lowest BCUT2D eigenvalue weighted by Gasteiger charge is -2.22. The van der Waals surface area contributed by atoms with Crippen molar-refractivity contribution in [3.05, 3.63) is 35.9 Å². The first-order chi connectivity index (χ1) is 10.5. The lowest BCUT2D eigenvalue weighted by molar-refractivity contribution is 0.266. The number of allylic oxidation sites excluding steroid dienone is 1. The number of ether oxygens (including phenoxy) is 1. The topological polar surface area (TPSA) is 35.9 Å². The van der Waals surface area contributed by atoms with Gasteiger partial charge in [-0.15, -0.1) is 6.58 Å². The smallest absolute Gasteiger partial charge is 0.161 e. The third kappa shape index (κ3) is 4.24. The summed E-state index contributed by atoms with van der Waals surface area (Å²) in [4.78, 5) is 4.75. The lowest BCUT2D eigenvalue weighted by atomic mass is 10.0. The molecule has 122 valence electrons. The lowest BCUT2D eigenvalue weighted by Crippen LogP contribution is -2.27. The fraction of sp³-hybridized carbons (Fsp3) is 0.556. The zero-order valence-electron chi connectivity index (χ0n) is 14.0. The molecule has 0 amide bonds. The van der Waals surface area contributed by atoms with Crippen LogP contribution >= 0.6 is 0 Å². The van der Waals surface area contributed by atoms with Gasteiger partial charge in [-0.3, -0.25) is 0 Å². The van der Waals surface area contributed by atoms with Gasteiger partial charge in [0.2, 0.25) is 0 Å². The van der Waals surface area contributed by atoms with Gasteiger partial charge in [0.05, 0.1) is 7.11 Å². The van der Waals surface area contributed by atoms with E-state index >= 15 is 0 Å². The Balaban J connectivity index is 2.04. The molecule has 1 saturated heterocycles. The maximum Gasteiger partial charge on any atom is 0.161 e. The molecule has 0 aliphatic carbocycles. The molecule has 1 aromatic carbocycles. The van der Waals surface area contributed by atoms with Crippen molar-refractivity contribution >= 4 is 0 Å². The standard InChI is InChI=1S/C18H28N2O2/c1-5-6-16-9-15(10-17(22-4)18(16)21)13-20(3)12-14-7-8-19(2)11-14/h5,9-10,14,21H,1,6-8,11-13H2,2-4H3. The molecule has 0 bridgehead atoms. The van der Waals surface area contributed by atoms with Crippen LogP contribution in [0.4, 0.5) is 0 Å². The van der Waals surface area contributed by atoms with E-state index in [1.807, 2.05) is 6.07 Å². The predicted molar refractivity (Wildman–Crippen MR) is 90.5 cm³/mol. The summed E-state index contributed by atoms with van der Waals surface area (Å²) in [6.07, 6.45) is 3.73. The first-order valence-corrected chi connectivity index (χ1v) is 7.90. The summed E-state index contributed by atoms with van der Waals surface area (Å²) in [7, 11) is 5.94. The van der Waals surface area contributed by atoms with Crippen LogP contribution in [-0.2, 0) is 13.0 Å². The number of nitrogens with zero attached hydrogens (tertiary/aromatic N) is 2. The van der Waals surface area contributed by atoms with Gasteiger partial charge in [0.15, 0.2) is 11.5 Å². The number of hydrogen-bond donors (Lipinski definition) is 1. The Kier molecular flexibility index (Phi) is 5.86. The molecule has 1 N–H and O–H groups in total. The van der Waals surface area contributed by atoms with Crippen molar-refractivity contribution in [1.82, 2.24) is 9.80 Å². The van der Waals surface area contributed by atoms with Gasteiger partial charge >= 0.3 is 0 Å². The van der Waals surface area contributed by atoms with Gasteiger partial charge in [-0.05, 0) is 51.0 Å². The van der Waals surface area contributed by atoms with Crippen LogP contribution in [0.3, 0.4) is 0 Å². The highest BCUT2D eigenvalue weighted by Gasteiger charge is 2.21. The van der Waals surface area contributed by atoms with Gasteiger partial charge < -0.3 is 19.6 Å². The van der Waals surface area contributed by atoms with Crippen LogP contribution in [-0.4, -0.2) is 55.7 Å². The van der Waals surface area contributed by atoms with Crippen molar-refractivity contribution in [2.75, 3.05) is 40.8 Å². The highest BCUT2D eigenvalue weighted by Crippen LogP contribution is 2.32. The zero-order valence-corrected chi connectivity index (χ0v) is 14.0. The Morgan fingerprint density at radius 1 is 1.50 bits per heavy atom. The van der Waals surface area contributed by atoms with Crippen LogP contribution in [0.25, 0.3) is 0 Å². The highest BCUT2D eigenvalue weighted by atomic mass is 16.5. The normalized spacial score (nSPS) is 18.8. The molecule has 1 atom stereocenters. The molecule has 4 nitrogen and oxygen atoms in total. The number of hydrogen-bond acceptors (Lipinski definition) is 4. The Bertz CT molecular complexity index is 516. The minimum Gasteiger partial charge on any atom is -0.504 e. The quantitative estimate of drug-likeness (QED) is 0.785. The minimum atomic E-state index is 0.228. The van der Waals surface area contributed by atoms with Crippen LogP contribution in [0, 0.1) is 5.92 Å². The van der Waals surface area contributed by atoms with Crippen LogP contribution in [0.2, 0.25) is 0 Å². The zero-order chi connectivity index (χ0) is 16.1. The second-order valence-electron chi connectivity index (χ2n) is 6.41. The molecule has 0 spiro atoms. The largest absolute Gasteiger partial charge is 0.504 e. The van der Waals surface area contributed by atoms with Crippen molar-refractivity contribution in [2.24, 2.45) is 5.92 Å². The maximum atomic E-state index is 10.1. The van der Waals surface area contributed by atoms with E-state index in [2.05, 4.69) is 36.5 Å². The molecule has 0 radical (unpaired) electrons. The van der Waals surface area contributed by atoms with E-state index in [9.17, 15) is 5.11 Å². The van der Waals surface area contributed by atoms with Crippen LogP contribution < -0.4 is 4.74 Å². The van der Waals surface area contributed by atoms with Gasteiger partial charge in [-0.25, -0.2) is 0 Å². The summed E-state index contributed by atoms with van der Waals surface area (Å²) in [6, 6.07) is 3.98. The van der Waals surface area contributed by atoms with Gasteiger partial charge in [0.25, 0.3) is 0 Å². The third-order valence-corrected chi connectivity index (χ3v) is 4.31. The maximum absolute atomic E-state index is 10.1. The van der Waals surface area contributed by atoms with E-state index in [1.165, 1.54) is 25.1 Å². The summed E-state index contributed by atoms with van der Waals surface area (Å²) in [5.74, 6) is 1.52. The first-order valence-electron chi connectivity index (χ1n) is 7.90. The molecule has 1 aromatic rings. The number of rotatable bonds is 7. The monoisotopic (exact) mass is 304 g/mol. The molecule has 1 heterocycles. The summed E-state index contributed by atoms with van der Waals surface area (Å²) < 4.78 is 5.29. The molecule has 1 aliphatic heterocycles. The van der Waals surface area contributed by atoms with E-state index in [4.69, 9.17) is 4.74 Å². The number of phenolic OH excluding ortho intramolecular Hbond substituents is 1. The molecule has 1 aliphatic rings. The second kappa shape index (κ2) is 7.65. The predicted octanol–water partition coefficient (Wildman–Crippen LogP) is 2.51. The number of aromatic hydroxyl groups is 1. The van der Waals surface area contributed by atoms with Crippen LogP contribution in [0.15, 0.2) is 24.8 Å². The Morgan fingerprint density at radius 2 is 2.27 bits per heavy atom. The van der Waals surface area contributed by atoms with Gasteiger partial charge in [0.1, 0.15) is 0 Å². The Morgan fingerprint density at radius 3 is 2.86 bits per heavy atom. The summed E-state index contributed by atoms with van der Waals surface area (Å²) >= 11 is 0. The summed E-state index contributed by atoms with van der Waals surface area (Å²) in [6.45, 7) is 8.10. The SMILES string of the molecule is C=CCc1cc(CN(C)CC2CCN(C)C2)cc(OC)c1O. The van der Waals surface area contributed by atoms with E-state index in [-0.39, 0.29) is 5.75 Å². The van der Waals surface area contributed by atoms with E-state index in [1.54, 1.807) is 13.2 Å². The average Bonchev–Trinajstić information content (AvgIpc) is 2.87. The molecule has 4 heteroatoms. The van der Waals surface area contributed by atoms with Crippen LogP contribution in [0.1, 0.15) is 17.5 Å². The fourth-order valence-corrected chi connectivity index (χ4v) is 3.28. The van der Waals surface area contributed by atoms with E-state index in [0.29, 0.717) is 12.2 Å². The highest BCUT2D eigenvalue weighted by molar-refractivity contribution is 5.49. The van der Waals surface area contributed by atoms with Crippen molar-refractivity contribution in [3.8, 4) is 11.5 Å². The summed E-state index contributed by atoms with van der Waals surface area (Å²) in [5, 5.41) is 10.1. The summed E-state index contributed by atoms with van der Waals surface area (Å²) in [5.41, 5.74) is 2.04. The van der Waals surface area contributed by atoms with E-state index in [0.717, 1.165) is 24.6 Å². The number of likely N-dealkylation sites (tertiary alicyclic amines) is 1. The first kappa shape index (κ1) is 16.8. The van der Waals surface area contributed by atoms with Crippen molar-refractivity contribution < 1.29 is 9.84 Å². The molecule has 0 aromatic heterocycles. The minimum absolute atomic E-state index is 0.228. The molecule has 22 heavy (non-hydrogen) atoms. The number of methoxy groups -OCH3 is 1. The Labute approximate surface area is 134 Å². The molecule has 2 rings (SSSR count). The number of benzene rings is 1. The van der Waals surface area contributed by atoms with Gasteiger partial charge in [-0.1, -0.05) is 12.1 Å². The van der Waals surface area contributed by atoms with Crippen molar-refractivity contribution in [2.45, 2.75) is 19.4 Å². The van der Waals surface area contributed by atoms with Crippen molar-refractivity contribution in [3.63, 3.8) is 0 Å². The van der Waals surface area contributed by atoms with Gasteiger partial charge in [0, 0.05) is 25.2 Å². The fourth-order valence-electron chi connectivity index (χ4n) is 3.28. The van der Waals surface area contributed by atoms with E-state index < -0.39 is 0 Å². The average molecular weight is 304 g/mol. The van der Waals surface area contributed by atoms with Gasteiger partial charge in [-0.2, -0.15) is 0 Å². The van der Waals surface area contributed by atoms with Crippen molar-refractivity contribution in [1.29, 1.82) is 0 Å².